The maximum Gasteiger partial charge on any atom is 0.416 e. The number of aryl methyl sites for hydroxylation is 2. The minimum absolute atomic E-state index is 0.0584. The van der Waals surface area contributed by atoms with Gasteiger partial charge in [-0.2, -0.15) is 33.3 Å². The molecule has 15 heteroatoms. The fourth-order valence-corrected chi connectivity index (χ4v) is 3.85. The number of nitrogen functional groups attached to an aromatic ring is 2. The van der Waals surface area contributed by atoms with Gasteiger partial charge in [-0.25, -0.2) is 19.3 Å². The largest absolute Gasteiger partial charge is 0.496 e. The second kappa shape index (κ2) is 8.98. The summed E-state index contributed by atoms with van der Waals surface area (Å²) in [7, 11) is 4.81. The summed E-state index contributed by atoms with van der Waals surface area (Å²) in [6, 6.07) is 3.22. The third kappa shape index (κ3) is 4.66. The van der Waals surface area contributed by atoms with Gasteiger partial charge in [0.2, 0.25) is 11.9 Å². The molecule has 0 aliphatic rings. The molecule has 4 aromatic heterocycles. The number of aromatic nitrogens is 8. The lowest BCUT2D eigenvalue weighted by atomic mass is 10.0. The van der Waals surface area contributed by atoms with Crippen LogP contribution in [0.5, 0.6) is 5.75 Å². The first-order chi connectivity index (χ1) is 16.5. The summed E-state index contributed by atoms with van der Waals surface area (Å²) in [5.41, 5.74) is 11.8. The summed E-state index contributed by atoms with van der Waals surface area (Å²) in [5, 5.41) is 9.70. The smallest absolute Gasteiger partial charge is 0.416 e. The van der Waals surface area contributed by atoms with Crippen LogP contribution in [0.3, 0.4) is 0 Å². The predicted molar refractivity (Wildman–Crippen MR) is 126 cm³/mol. The van der Waals surface area contributed by atoms with Crippen molar-refractivity contribution in [3.63, 3.8) is 0 Å². The molecule has 5 aromatic rings. The number of methoxy groups -OCH3 is 1. The van der Waals surface area contributed by atoms with Crippen molar-refractivity contribution in [1.82, 2.24) is 39.5 Å². The number of anilines is 2. The fraction of sp³-hybridized carbons (Fsp3) is 0.200. The molecule has 0 atom stereocenters. The first kappa shape index (κ1) is 24.1. The van der Waals surface area contributed by atoms with Gasteiger partial charge in [0.15, 0.2) is 11.3 Å². The molecule has 0 aliphatic carbocycles. The van der Waals surface area contributed by atoms with Gasteiger partial charge in [0, 0.05) is 32.1 Å². The van der Waals surface area contributed by atoms with Crippen LogP contribution in [0.2, 0.25) is 0 Å². The molecular formula is C20H18BrF3N10O. The molecule has 0 radical (unpaired) electrons. The number of alkyl halides is 3. The van der Waals surface area contributed by atoms with Gasteiger partial charge in [-0.15, -0.1) is 0 Å². The number of hydrogen-bond acceptors (Lipinski definition) is 9. The van der Waals surface area contributed by atoms with Gasteiger partial charge < -0.3 is 16.2 Å². The van der Waals surface area contributed by atoms with Gasteiger partial charge in [0.25, 0.3) is 0 Å². The highest BCUT2D eigenvalue weighted by Crippen LogP contribution is 2.38. The normalized spacial score (nSPS) is 11.5. The van der Waals surface area contributed by atoms with Crippen molar-refractivity contribution >= 4 is 49.9 Å². The van der Waals surface area contributed by atoms with Crippen molar-refractivity contribution in [3.05, 3.63) is 40.8 Å². The highest BCUT2D eigenvalue weighted by atomic mass is 79.9. The number of rotatable bonds is 2. The molecule has 4 heterocycles. The van der Waals surface area contributed by atoms with Crippen molar-refractivity contribution < 1.29 is 17.9 Å². The standard InChI is InChI=1S/C14H12F3N5O.C6H6BrN5/c1-22-12-9(6-19-13(18)20-12)11(21-22)8-5-7(14(15,16)17)3-4-10(8)23-2;1-12-5-3(4(7)11-12)2-9-6(8)10-5/h3-6H,1-2H3,(H2,18,19,20);2H,1H3,(H2,8,9,10). The lowest BCUT2D eigenvalue weighted by molar-refractivity contribution is -0.137. The maximum atomic E-state index is 13.0. The molecule has 182 valence electrons. The summed E-state index contributed by atoms with van der Waals surface area (Å²) in [6.45, 7) is 0. The third-order valence-electron chi connectivity index (χ3n) is 4.93. The van der Waals surface area contributed by atoms with E-state index in [1.54, 1.807) is 25.0 Å². The van der Waals surface area contributed by atoms with Gasteiger partial charge in [0.05, 0.1) is 23.4 Å². The second-order valence-corrected chi connectivity index (χ2v) is 7.98. The average Bonchev–Trinajstić information content (AvgIpc) is 3.28. The molecule has 0 unspecified atom stereocenters. The molecule has 0 spiro atoms. The van der Waals surface area contributed by atoms with E-state index in [1.165, 1.54) is 24.1 Å². The minimum atomic E-state index is -4.47. The van der Waals surface area contributed by atoms with Crippen molar-refractivity contribution in [2.75, 3.05) is 18.6 Å². The Labute approximate surface area is 204 Å². The van der Waals surface area contributed by atoms with Crippen molar-refractivity contribution in [3.8, 4) is 17.0 Å². The van der Waals surface area contributed by atoms with E-state index in [0.717, 1.165) is 27.8 Å². The highest BCUT2D eigenvalue weighted by Gasteiger charge is 2.32. The summed E-state index contributed by atoms with van der Waals surface area (Å²) >= 11 is 3.29. The predicted octanol–water partition coefficient (Wildman–Crippen LogP) is 3.35. The molecule has 5 rings (SSSR count). The molecule has 1 aromatic carbocycles. The topological polar surface area (TPSA) is 148 Å². The van der Waals surface area contributed by atoms with E-state index in [-0.39, 0.29) is 23.2 Å². The number of ether oxygens (including phenoxy) is 1. The molecule has 0 fully saturated rings. The Morgan fingerprint density at radius 2 is 1.49 bits per heavy atom. The van der Waals surface area contributed by atoms with Crippen LogP contribution < -0.4 is 16.2 Å². The lowest BCUT2D eigenvalue weighted by Crippen LogP contribution is -2.05. The molecule has 35 heavy (non-hydrogen) atoms. The lowest BCUT2D eigenvalue weighted by Gasteiger charge is -2.11. The van der Waals surface area contributed by atoms with Crippen LogP contribution in [0, 0.1) is 0 Å². The van der Waals surface area contributed by atoms with Gasteiger partial charge in [0.1, 0.15) is 16.0 Å². The van der Waals surface area contributed by atoms with Crippen LogP contribution in [-0.2, 0) is 20.3 Å². The zero-order valence-electron chi connectivity index (χ0n) is 18.5. The Morgan fingerprint density at radius 1 is 0.914 bits per heavy atom. The van der Waals surface area contributed by atoms with Gasteiger partial charge in [-0.05, 0) is 34.1 Å². The molecule has 0 aliphatic heterocycles. The molecular weight excluding hydrogens is 533 g/mol. The van der Waals surface area contributed by atoms with Gasteiger partial charge in [-0.3, -0.25) is 0 Å². The van der Waals surface area contributed by atoms with E-state index in [4.69, 9.17) is 16.2 Å². The van der Waals surface area contributed by atoms with Crippen molar-refractivity contribution in [1.29, 1.82) is 0 Å². The van der Waals surface area contributed by atoms with E-state index in [2.05, 4.69) is 46.1 Å². The SMILES string of the molecule is COc1ccc(C(F)(F)F)cc1-c1nn(C)c2nc(N)ncc12.Cn1nc(Br)c2cnc(N)nc21. The number of hydrogen-bond donors (Lipinski definition) is 2. The highest BCUT2D eigenvalue weighted by molar-refractivity contribution is 9.10. The van der Waals surface area contributed by atoms with E-state index >= 15 is 0 Å². The molecule has 4 N–H and O–H groups in total. The van der Waals surface area contributed by atoms with Crippen LogP contribution in [0.25, 0.3) is 33.3 Å². The first-order valence-corrected chi connectivity index (χ1v) is 10.6. The van der Waals surface area contributed by atoms with Crippen LogP contribution in [0.1, 0.15) is 5.56 Å². The Hall–Kier alpha value is -4.01. The number of fused-ring (bicyclic) bond motifs is 2. The van der Waals surface area contributed by atoms with E-state index < -0.39 is 11.7 Å². The zero-order valence-corrected chi connectivity index (χ0v) is 20.1. The Bertz CT molecular complexity index is 1550. The summed E-state index contributed by atoms with van der Waals surface area (Å²) < 4.78 is 47.9. The molecule has 0 bridgehead atoms. The van der Waals surface area contributed by atoms with E-state index in [9.17, 15) is 13.2 Å². The maximum absolute atomic E-state index is 13.0. The Morgan fingerprint density at radius 3 is 2.09 bits per heavy atom. The molecule has 0 amide bonds. The number of nitrogens with two attached hydrogens (primary N) is 2. The third-order valence-corrected chi connectivity index (χ3v) is 5.52. The van der Waals surface area contributed by atoms with E-state index in [1.807, 2.05) is 0 Å². The van der Waals surface area contributed by atoms with Crippen molar-refractivity contribution in [2.24, 2.45) is 14.1 Å². The van der Waals surface area contributed by atoms with Crippen LogP contribution in [0.4, 0.5) is 25.1 Å². The molecule has 0 saturated carbocycles. The minimum Gasteiger partial charge on any atom is -0.496 e. The fourth-order valence-electron chi connectivity index (χ4n) is 3.33. The number of nitrogens with zero attached hydrogens (tertiary/aromatic N) is 8. The zero-order chi connectivity index (χ0) is 25.5. The van der Waals surface area contributed by atoms with E-state index in [0.29, 0.717) is 16.7 Å². The van der Waals surface area contributed by atoms with Gasteiger partial charge >= 0.3 is 6.18 Å². The number of benzene rings is 1. The first-order valence-electron chi connectivity index (χ1n) is 9.81. The van der Waals surface area contributed by atoms with Crippen LogP contribution in [-0.4, -0.2) is 46.6 Å². The molecule has 11 nitrogen and oxygen atoms in total. The molecule has 0 saturated heterocycles. The quantitative estimate of drug-likeness (QED) is 0.337. The van der Waals surface area contributed by atoms with Crippen LogP contribution >= 0.6 is 15.9 Å². The summed E-state index contributed by atoms with van der Waals surface area (Å²) in [4.78, 5) is 15.8. The number of halogens is 4. The average molecular weight is 551 g/mol. The van der Waals surface area contributed by atoms with Gasteiger partial charge in [-0.1, -0.05) is 0 Å². The monoisotopic (exact) mass is 550 g/mol. The van der Waals surface area contributed by atoms with Crippen LogP contribution in [0.15, 0.2) is 35.2 Å². The summed E-state index contributed by atoms with van der Waals surface area (Å²) in [5.74, 6) is 0.593. The second-order valence-electron chi connectivity index (χ2n) is 7.23. The van der Waals surface area contributed by atoms with Crippen molar-refractivity contribution in [2.45, 2.75) is 6.18 Å². The Kier molecular flexibility index (Phi) is 6.19. The summed E-state index contributed by atoms with van der Waals surface area (Å²) in [6.07, 6.45) is -1.39. The Balaban J connectivity index is 0.000000201.